The Kier molecular flexibility index (Phi) is 5.18. The van der Waals surface area contributed by atoms with Crippen LogP contribution in [0.5, 0.6) is 5.75 Å². The van der Waals surface area contributed by atoms with E-state index in [0.29, 0.717) is 5.75 Å². The second-order valence-corrected chi connectivity index (χ2v) is 6.13. The number of aryl methyl sites for hydroxylation is 2. The fraction of sp³-hybridized carbons (Fsp3) is 0.0870. The number of anilines is 3. The van der Waals surface area contributed by atoms with Crippen LogP contribution in [-0.2, 0) is 4.79 Å². The molecule has 3 aromatic carbocycles. The van der Waals surface area contributed by atoms with E-state index in [1.54, 1.807) is 12.1 Å². The van der Waals surface area contributed by atoms with Crippen molar-refractivity contribution in [3.63, 3.8) is 0 Å². The van der Waals surface area contributed by atoms with Gasteiger partial charge < -0.3 is 9.64 Å². The lowest BCUT2D eigenvalue weighted by atomic mass is 10.1. The molecule has 3 nitrogen and oxygen atoms in total. The van der Waals surface area contributed by atoms with Crippen LogP contribution in [-0.4, -0.2) is 5.97 Å². The molecule has 0 aromatic heterocycles. The first-order valence-corrected chi connectivity index (χ1v) is 8.44. The van der Waals surface area contributed by atoms with Crippen molar-refractivity contribution >= 4 is 23.0 Å². The van der Waals surface area contributed by atoms with Crippen molar-refractivity contribution in [3.05, 3.63) is 96.6 Å². The minimum absolute atomic E-state index is 0.466. The number of esters is 1. The van der Waals surface area contributed by atoms with Crippen molar-refractivity contribution in [2.45, 2.75) is 13.8 Å². The number of benzene rings is 3. The van der Waals surface area contributed by atoms with Gasteiger partial charge in [-0.3, -0.25) is 0 Å². The summed E-state index contributed by atoms with van der Waals surface area (Å²) in [5, 5.41) is 0. The maximum Gasteiger partial charge on any atom is 0.335 e. The van der Waals surface area contributed by atoms with Gasteiger partial charge in [0, 0.05) is 23.1 Å². The van der Waals surface area contributed by atoms with Gasteiger partial charge in [0.2, 0.25) is 0 Å². The Hall–Kier alpha value is -3.33. The molecule has 0 fully saturated rings. The summed E-state index contributed by atoms with van der Waals surface area (Å²) in [7, 11) is 0. The van der Waals surface area contributed by atoms with E-state index in [1.165, 1.54) is 11.1 Å². The minimum Gasteiger partial charge on any atom is -0.423 e. The minimum atomic E-state index is -0.466. The molecule has 0 N–H and O–H groups in total. The van der Waals surface area contributed by atoms with Gasteiger partial charge in [0.05, 0.1) is 0 Å². The zero-order chi connectivity index (χ0) is 18.5. The van der Waals surface area contributed by atoms with E-state index in [9.17, 15) is 4.79 Å². The summed E-state index contributed by atoms with van der Waals surface area (Å²) >= 11 is 0. The predicted molar refractivity (Wildman–Crippen MR) is 106 cm³/mol. The largest absolute Gasteiger partial charge is 0.423 e. The number of ether oxygens (including phenoxy) is 1. The highest BCUT2D eigenvalue weighted by Crippen LogP contribution is 2.35. The lowest BCUT2D eigenvalue weighted by Crippen LogP contribution is -2.10. The van der Waals surface area contributed by atoms with E-state index >= 15 is 0 Å². The van der Waals surface area contributed by atoms with Crippen molar-refractivity contribution in [2.24, 2.45) is 0 Å². The first-order chi connectivity index (χ1) is 12.6. The van der Waals surface area contributed by atoms with Gasteiger partial charge in [0.1, 0.15) is 5.75 Å². The number of hydrogen-bond donors (Lipinski definition) is 0. The number of hydrogen-bond acceptors (Lipinski definition) is 3. The van der Waals surface area contributed by atoms with Crippen molar-refractivity contribution in [2.75, 3.05) is 4.90 Å². The predicted octanol–water partition coefficient (Wildman–Crippen LogP) is 5.86. The Morgan fingerprint density at radius 2 is 1.15 bits per heavy atom. The molecule has 0 atom stereocenters. The number of carbonyl (C=O) groups is 1. The molecule has 0 saturated carbocycles. The van der Waals surface area contributed by atoms with Crippen LogP contribution < -0.4 is 9.64 Å². The van der Waals surface area contributed by atoms with Gasteiger partial charge in [-0.05, 0) is 62.4 Å². The molecule has 0 saturated heterocycles. The monoisotopic (exact) mass is 343 g/mol. The molecule has 0 spiro atoms. The Balaban J connectivity index is 2.00. The molecule has 26 heavy (non-hydrogen) atoms. The molecule has 0 radical (unpaired) electrons. The zero-order valence-electron chi connectivity index (χ0n) is 15.0. The normalized spacial score (nSPS) is 10.2. The fourth-order valence-corrected chi connectivity index (χ4v) is 2.66. The maximum atomic E-state index is 11.4. The third-order valence-corrected chi connectivity index (χ3v) is 4.06. The molecule has 0 aliphatic heterocycles. The Labute approximate surface area is 154 Å². The Bertz CT molecular complexity index is 849. The molecule has 0 amide bonds. The Morgan fingerprint density at radius 1 is 0.769 bits per heavy atom. The SMILES string of the molecule is C=CC(=O)Oc1ccc(N(c2ccc(C)cc2)c2ccc(C)cc2)cc1. The molecule has 0 heterocycles. The molecular weight excluding hydrogens is 322 g/mol. The van der Waals surface area contributed by atoms with Crippen LogP contribution in [0.1, 0.15) is 11.1 Å². The van der Waals surface area contributed by atoms with Crippen LogP contribution in [0.4, 0.5) is 17.1 Å². The molecule has 3 heteroatoms. The van der Waals surface area contributed by atoms with Crippen LogP contribution in [0, 0.1) is 13.8 Å². The van der Waals surface area contributed by atoms with E-state index in [0.717, 1.165) is 23.1 Å². The number of carbonyl (C=O) groups excluding carboxylic acids is 1. The molecule has 130 valence electrons. The van der Waals surface area contributed by atoms with Crippen LogP contribution in [0.3, 0.4) is 0 Å². The van der Waals surface area contributed by atoms with Crippen LogP contribution in [0.15, 0.2) is 85.5 Å². The Morgan fingerprint density at radius 3 is 1.54 bits per heavy atom. The summed E-state index contributed by atoms with van der Waals surface area (Å²) in [6.45, 7) is 7.56. The zero-order valence-corrected chi connectivity index (χ0v) is 15.0. The van der Waals surface area contributed by atoms with E-state index in [1.807, 2.05) is 12.1 Å². The maximum absolute atomic E-state index is 11.4. The highest BCUT2D eigenvalue weighted by Gasteiger charge is 2.12. The molecular formula is C23H21NO2. The summed E-state index contributed by atoms with van der Waals surface area (Å²) in [6, 6.07) is 24.2. The fourth-order valence-electron chi connectivity index (χ4n) is 2.66. The summed E-state index contributed by atoms with van der Waals surface area (Å²) in [4.78, 5) is 13.5. The standard InChI is InChI=1S/C23H21NO2/c1-4-23(25)26-22-15-13-21(14-16-22)24(19-9-5-17(2)6-10-19)20-11-7-18(3)8-12-20/h4-16H,1H2,2-3H3. The van der Waals surface area contributed by atoms with Crippen LogP contribution in [0.2, 0.25) is 0 Å². The third kappa shape index (κ3) is 4.01. The molecule has 0 aliphatic carbocycles. The topological polar surface area (TPSA) is 29.5 Å². The first-order valence-electron chi connectivity index (χ1n) is 8.44. The van der Waals surface area contributed by atoms with Gasteiger partial charge >= 0.3 is 5.97 Å². The highest BCUT2D eigenvalue weighted by molar-refractivity contribution is 5.83. The molecule has 0 aliphatic rings. The number of nitrogens with zero attached hydrogens (tertiary/aromatic N) is 1. The summed E-state index contributed by atoms with van der Waals surface area (Å²) in [5.41, 5.74) is 5.54. The second-order valence-electron chi connectivity index (χ2n) is 6.13. The summed E-state index contributed by atoms with van der Waals surface area (Å²) in [5.74, 6) is 0.0260. The van der Waals surface area contributed by atoms with E-state index < -0.39 is 5.97 Å². The summed E-state index contributed by atoms with van der Waals surface area (Å²) < 4.78 is 5.17. The van der Waals surface area contributed by atoms with Crippen molar-refractivity contribution in [1.82, 2.24) is 0 Å². The van der Waals surface area contributed by atoms with Crippen LogP contribution in [0.25, 0.3) is 0 Å². The quantitative estimate of drug-likeness (QED) is 0.330. The summed E-state index contributed by atoms with van der Waals surface area (Å²) in [6.07, 6.45) is 1.15. The lowest BCUT2D eigenvalue weighted by Gasteiger charge is -2.25. The van der Waals surface area contributed by atoms with Gasteiger partial charge in [0.25, 0.3) is 0 Å². The van der Waals surface area contributed by atoms with Gasteiger partial charge in [0.15, 0.2) is 0 Å². The van der Waals surface area contributed by atoms with Gasteiger partial charge in [-0.1, -0.05) is 42.0 Å². The third-order valence-electron chi connectivity index (χ3n) is 4.06. The van der Waals surface area contributed by atoms with Gasteiger partial charge in [-0.2, -0.15) is 0 Å². The first kappa shape index (κ1) is 17.5. The number of rotatable bonds is 5. The highest BCUT2D eigenvalue weighted by atomic mass is 16.5. The van der Waals surface area contributed by atoms with Gasteiger partial charge in [-0.15, -0.1) is 0 Å². The lowest BCUT2D eigenvalue weighted by molar-refractivity contribution is -0.128. The van der Waals surface area contributed by atoms with E-state index in [4.69, 9.17) is 4.74 Å². The van der Waals surface area contributed by atoms with E-state index in [-0.39, 0.29) is 0 Å². The smallest absolute Gasteiger partial charge is 0.335 e. The molecule has 0 unspecified atom stereocenters. The molecule has 0 bridgehead atoms. The molecule has 3 aromatic rings. The van der Waals surface area contributed by atoms with Gasteiger partial charge in [-0.25, -0.2) is 4.79 Å². The molecule has 3 rings (SSSR count). The van der Waals surface area contributed by atoms with Crippen molar-refractivity contribution in [3.8, 4) is 5.75 Å². The van der Waals surface area contributed by atoms with Crippen LogP contribution >= 0.6 is 0 Å². The van der Waals surface area contributed by atoms with Crippen molar-refractivity contribution < 1.29 is 9.53 Å². The average molecular weight is 343 g/mol. The van der Waals surface area contributed by atoms with E-state index in [2.05, 4.69) is 73.9 Å². The van der Waals surface area contributed by atoms with Crippen molar-refractivity contribution in [1.29, 1.82) is 0 Å². The average Bonchev–Trinajstić information content (AvgIpc) is 2.66. The second kappa shape index (κ2) is 7.70.